The maximum Gasteiger partial charge on any atom is 0.471 e. The van der Waals surface area contributed by atoms with Crippen LogP contribution in [0.15, 0.2) is 41.1 Å². The van der Waals surface area contributed by atoms with Gasteiger partial charge in [-0.1, -0.05) is 29.4 Å². The highest BCUT2D eigenvalue weighted by molar-refractivity contribution is 5.54. The summed E-state index contributed by atoms with van der Waals surface area (Å²) in [4.78, 5) is 8.54. The average molecular weight is 297 g/mol. The SMILES string of the molecule is FC(F)(F)c1nc(-c2ccc(CN3CC=CO3)cc2)no1. The highest BCUT2D eigenvalue weighted by atomic mass is 19.4. The van der Waals surface area contributed by atoms with Gasteiger partial charge in [-0.25, -0.2) is 0 Å². The molecule has 0 aliphatic carbocycles. The number of hydroxylamine groups is 2. The number of halogens is 3. The van der Waals surface area contributed by atoms with Gasteiger partial charge in [-0.2, -0.15) is 18.2 Å². The molecule has 110 valence electrons. The first-order valence-electron chi connectivity index (χ1n) is 6.09. The number of alkyl halides is 3. The molecule has 21 heavy (non-hydrogen) atoms. The molecule has 0 N–H and O–H groups in total. The van der Waals surface area contributed by atoms with Crippen molar-refractivity contribution >= 4 is 0 Å². The third kappa shape index (κ3) is 3.05. The van der Waals surface area contributed by atoms with E-state index in [2.05, 4.69) is 14.7 Å². The quantitative estimate of drug-likeness (QED) is 0.871. The van der Waals surface area contributed by atoms with Gasteiger partial charge in [0, 0.05) is 5.56 Å². The molecular formula is C13H10F3N3O2. The summed E-state index contributed by atoms with van der Waals surface area (Å²) in [7, 11) is 0. The highest BCUT2D eigenvalue weighted by Gasteiger charge is 2.38. The van der Waals surface area contributed by atoms with E-state index in [-0.39, 0.29) is 5.82 Å². The van der Waals surface area contributed by atoms with Gasteiger partial charge in [-0.15, -0.1) is 5.06 Å². The number of aromatic nitrogens is 2. The summed E-state index contributed by atoms with van der Waals surface area (Å²) in [5, 5.41) is 5.08. The molecule has 0 unspecified atom stereocenters. The maximum absolute atomic E-state index is 12.4. The van der Waals surface area contributed by atoms with E-state index >= 15 is 0 Å². The Labute approximate surface area is 117 Å². The minimum Gasteiger partial charge on any atom is -0.413 e. The van der Waals surface area contributed by atoms with Crippen LogP contribution < -0.4 is 0 Å². The fourth-order valence-electron chi connectivity index (χ4n) is 1.85. The van der Waals surface area contributed by atoms with Gasteiger partial charge in [0.25, 0.3) is 0 Å². The Balaban J connectivity index is 1.73. The van der Waals surface area contributed by atoms with Crippen LogP contribution in [0, 0.1) is 0 Å². The second-order valence-corrected chi connectivity index (χ2v) is 4.42. The van der Waals surface area contributed by atoms with Crippen LogP contribution in [0.25, 0.3) is 11.4 Å². The number of nitrogens with zero attached hydrogens (tertiary/aromatic N) is 3. The van der Waals surface area contributed by atoms with Crippen LogP contribution in [-0.2, 0) is 17.6 Å². The summed E-state index contributed by atoms with van der Waals surface area (Å²) < 4.78 is 41.4. The molecule has 3 rings (SSSR count). The highest BCUT2D eigenvalue weighted by Crippen LogP contribution is 2.29. The summed E-state index contributed by atoms with van der Waals surface area (Å²) in [5.74, 6) is -1.44. The molecule has 0 atom stereocenters. The standard InChI is InChI=1S/C13H10F3N3O2/c14-13(15,16)12-17-11(18-21-12)10-4-2-9(3-5-10)8-19-6-1-7-20-19/h1-5,7H,6,8H2. The zero-order valence-electron chi connectivity index (χ0n) is 10.7. The second kappa shape index (κ2) is 5.21. The van der Waals surface area contributed by atoms with Crippen LogP contribution in [0.1, 0.15) is 11.5 Å². The molecule has 0 saturated heterocycles. The van der Waals surface area contributed by atoms with Crippen molar-refractivity contribution in [3.63, 3.8) is 0 Å². The van der Waals surface area contributed by atoms with Crippen molar-refractivity contribution in [1.82, 2.24) is 15.2 Å². The molecule has 0 amide bonds. The molecule has 0 spiro atoms. The first-order valence-corrected chi connectivity index (χ1v) is 6.09. The fraction of sp³-hybridized carbons (Fsp3) is 0.231. The summed E-state index contributed by atoms with van der Waals surface area (Å²) in [6, 6.07) is 6.84. The Morgan fingerprint density at radius 3 is 2.52 bits per heavy atom. The Hall–Kier alpha value is -2.35. The molecule has 2 aromatic rings. The largest absolute Gasteiger partial charge is 0.471 e. The van der Waals surface area contributed by atoms with E-state index in [1.165, 1.54) is 0 Å². The van der Waals surface area contributed by atoms with Crippen molar-refractivity contribution in [1.29, 1.82) is 0 Å². The lowest BCUT2D eigenvalue weighted by Crippen LogP contribution is -2.17. The number of benzene rings is 1. The molecule has 2 heterocycles. The number of hydrogen-bond acceptors (Lipinski definition) is 5. The van der Waals surface area contributed by atoms with Gasteiger partial charge in [0.15, 0.2) is 0 Å². The van der Waals surface area contributed by atoms with Crippen molar-refractivity contribution in [2.24, 2.45) is 0 Å². The van der Waals surface area contributed by atoms with Crippen molar-refractivity contribution < 1.29 is 22.5 Å². The second-order valence-electron chi connectivity index (χ2n) is 4.42. The first-order chi connectivity index (χ1) is 10.0. The summed E-state index contributed by atoms with van der Waals surface area (Å²) in [6.07, 6.45) is -1.15. The van der Waals surface area contributed by atoms with E-state index < -0.39 is 12.1 Å². The predicted molar refractivity (Wildman–Crippen MR) is 65.4 cm³/mol. The molecule has 1 aromatic carbocycles. The molecule has 0 bridgehead atoms. The molecule has 1 aliphatic heterocycles. The molecule has 5 nitrogen and oxygen atoms in total. The van der Waals surface area contributed by atoms with Gasteiger partial charge in [0.2, 0.25) is 5.82 Å². The van der Waals surface area contributed by atoms with E-state index in [1.807, 2.05) is 6.08 Å². The molecule has 1 aromatic heterocycles. The van der Waals surface area contributed by atoms with E-state index in [9.17, 15) is 13.2 Å². The number of hydrogen-bond donors (Lipinski definition) is 0. The van der Waals surface area contributed by atoms with E-state index in [0.717, 1.165) is 5.56 Å². The molecule has 1 aliphatic rings. The van der Waals surface area contributed by atoms with E-state index in [1.54, 1.807) is 35.6 Å². The van der Waals surface area contributed by atoms with Crippen molar-refractivity contribution in [2.45, 2.75) is 12.7 Å². The summed E-state index contributed by atoms with van der Waals surface area (Å²) in [6.45, 7) is 1.27. The van der Waals surface area contributed by atoms with Gasteiger partial charge in [0.1, 0.15) is 6.26 Å². The van der Waals surface area contributed by atoms with Crippen LogP contribution in [0.3, 0.4) is 0 Å². The van der Waals surface area contributed by atoms with Crippen molar-refractivity contribution in [3.05, 3.63) is 48.1 Å². The predicted octanol–water partition coefficient (Wildman–Crippen LogP) is 3.02. The number of rotatable bonds is 3. The van der Waals surface area contributed by atoms with Crippen LogP contribution in [0.4, 0.5) is 13.2 Å². The van der Waals surface area contributed by atoms with Gasteiger partial charge < -0.3 is 9.36 Å². The zero-order valence-corrected chi connectivity index (χ0v) is 10.7. The maximum atomic E-state index is 12.4. The third-order valence-corrected chi connectivity index (χ3v) is 2.85. The van der Waals surface area contributed by atoms with Crippen molar-refractivity contribution in [2.75, 3.05) is 6.54 Å². The molecule has 0 saturated carbocycles. The van der Waals surface area contributed by atoms with E-state index in [4.69, 9.17) is 4.84 Å². The van der Waals surface area contributed by atoms with E-state index in [0.29, 0.717) is 18.7 Å². The first kappa shape index (κ1) is 13.6. The van der Waals surface area contributed by atoms with Gasteiger partial charge >= 0.3 is 12.1 Å². The zero-order chi connectivity index (χ0) is 14.9. The van der Waals surface area contributed by atoms with Crippen LogP contribution in [0.2, 0.25) is 0 Å². The normalized spacial score (nSPS) is 15.4. The minimum atomic E-state index is -4.63. The lowest BCUT2D eigenvalue weighted by atomic mass is 10.1. The molecular weight excluding hydrogens is 287 g/mol. The molecule has 0 radical (unpaired) electrons. The van der Waals surface area contributed by atoms with Gasteiger partial charge in [-0.3, -0.25) is 0 Å². The Kier molecular flexibility index (Phi) is 3.38. The lowest BCUT2D eigenvalue weighted by Gasteiger charge is -2.13. The Morgan fingerprint density at radius 2 is 1.95 bits per heavy atom. The molecule has 8 heteroatoms. The smallest absolute Gasteiger partial charge is 0.413 e. The Morgan fingerprint density at radius 1 is 1.19 bits per heavy atom. The monoisotopic (exact) mass is 297 g/mol. The lowest BCUT2D eigenvalue weighted by molar-refractivity contribution is -0.159. The van der Waals surface area contributed by atoms with Gasteiger partial charge in [0.05, 0.1) is 13.1 Å². The molecule has 0 fully saturated rings. The summed E-state index contributed by atoms with van der Waals surface area (Å²) >= 11 is 0. The topological polar surface area (TPSA) is 51.4 Å². The third-order valence-electron chi connectivity index (χ3n) is 2.85. The van der Waals surface area contributed by atoms with Crippen LogP contribution >= 0.6 is 0 Å². The fourth-order valence-corrected chi connectivity index (χ4v) is 1.85. The minimum absolute atomic E-state index is 0.0898. The van der Waals surface area contributed by atoms with Crippen LogP contribution in [0.5, 0.6) is 0 Å². The van der Waals surface area contributed by atoms with Crippen LogP contribution in [-0.4, -0.2) is 21.7 Å². The summed E-state index contributed by atoms with van der Waals surface area (Å²) in [5.41, 5.74) is 1.42. The average Bonchev–Trinajstić information content (AvgIpc) is 3.09. The Bertz CT molecular complexity index is 641. The van der Waals surface area contributed by atoms with Gasteiger partial charge in [-0.05, 0) is 11.6 Å². The van der Waals surface area contributed by atoms with Crippen molar-refractivity contribution in [3.8, 4) is 11.4 Å².